The first kappa shape index (κ1) is 16.2. The maximum atomic E-state index is 14.4. The van der Waals surface area contributed by atoms with E-state index in [1.165, 1.54) is 0 Å². The molecule has 2 atom stereocenters. The highest BCUT2D eigenvalue weighted by Crippen LogP contribution is 2.24. The minimum Gasteiger partial charge on any atom is -0.372 e. The SMILES string of the molecule is C[C@@H]1CN(c2ccc(CNC(C)(C)C)cc2F)C[C@H](C)O1. The van der Waals surface area contributed by atoms with Gasteiger partial charge in [-0.05, 0) is 52.3 Å². The van der Waals surface area contributed by atoms with Crippen molar-refractivity contribution in [3.05, 3.63) is 29.6 Å². The average Bonchev–Trinajstić information content (AvgIpc) is 2.34. The molecule has 0 radical (unpaired) electrons. The van der Waals surface area contributed by atoms with Crippen LogP contribution in [0.25, 0.3) is 0 Å². The molecular weight excluding hydrogens is 267 g/mol. The van der Waals surface area contributed by atoms with Gasteiger partial charge in [0.2, 0.25) is 0 Å². The minimum atomic E-state index is -0.149. The fourth-order valence-electron chi connectivity index (χ4n) is 2.66. The van der Waals surface area contributed by atoms with Gasteiger partial charge in [0, 0.05) is 25.2 Å². The lowest BCUT2D eigenvalue weighted by atomic mass is 10.1. The molecule has 1 heterocycles. The van der Waals surface area contributed by atoms with Gasteiger partial charge in [-0.15, -0.1) is 0 Å². The summed E-state index contributed by atoms with van der Waals surface area (Å²) in [6, 6.07) is 5.53. The van der Waals surface area contributed by atoms with Gasteiger partial charge in [-0.25, -0.2) is 4.39 Å². The predicted molar refractivity (Wildman–Crippen MR) is 85.2 cm³/mol. The van der Waals surface area contributed by atoms with Gasteiger partial charge < -0.3 is 15.0 Å². The molecule has 1 aromatic carbocycles. The van der Waals surface area contributed by atoms with Crippen molar-refractivity contribution in [2.45, 2.75) is 58.9 Å². The summed E-state index contributed by atoms with van der Waals surface area (Å²) in [5.74, 6) is -0.149. The average molecular weight is 294 g/mol. The van der Waals surface area contributed by atoms with Gasteiger partial charge in [-0.2, -0.15) is 0 Å². The van der Waals surface area contributed by atoms with E-state index in [4.69, 9.17) is 4.74 Å². The van der Waals surface area contributed by atoms with E-state index in [1.54, 1.807) is 6.07 Å². The van der Waals surface area contributed by atoms with Crippen molar-refractivity contribution >= 4 is 5.69 Å². The van der Waals surface area contributed by atoms with Crippen molar-refractivity contribution in [2.75, 3.05) is 18.0 Å². The van der Waals surface area contributed by atoms with Crippen LogP contribution < -0.4 is 10.2 Å². The van der Waals surface area contributed by atoms with Crippen LogP contribution in [0.3, 0.4) is 0 Å². The van der Waals surface area contributed by atoms with Gasteiger partial charge in [0.05, 0.1) is 17.9 Å². The summed E-state index contributed by atoms with van der Waals surface area (Å²) >= 11 is 0. The molecule has 1 aliphatic rings. The first-order valence-electron chi connectivity index (χ1n) is 7.68. The Morgan fingerprint density at radius 2 is 1.86 bits per heavy atom. The number of rotatable bonds is 3. The number of halogens is 1. The lowest BCUT2D eigenvalue weighted by Crippen LogP contribution is -2.45. The molecule has 0 bridgehead atoms. The van der Waals surface area contributed by atoms with Crippen LogP contribution >= 0.6 is 0 Å². The third-order valence-electron chi connectivity index (χ3n) is 3.60. The van der Waals surface area contributed by atoms with Crippen molar-refractivity contribution in [1.82, 2.24) is 5.32 Å². The quantitative estimate of drug-likeness (QED) is 0.925. The summed E-state index contributed by atoms with van der Waals surface area (Å²) in [7, 11) is 0. The third kappa shape index (κ3) is 4.68. The number of anilines is 1. The second kappa shape index (κ2) is 6.32. The fourth-order valence-corrected chi connectivity index (χ4v) is 2.66. The summed E-state index contributed by atoms with van der Waals surface area (Å²) in [5, 5.41) is 3.38. The monoisotopic (exact) mass is 294 g/mol. The highest BCUT2D eigenvalue weighted by molar-refractivity contribution is 5.49. The lowest BCUT2D eigenvalue weighted by Gasteiger charge is -2.37. The number of benzene rings is 1. The van der Waals surface area contributed by atoms with Gasteiger partial charge in [0.15, 0.2) is 0 Å². The molecule has 4 heteroatoms. The molecular formula is C17H27FN2O. The second-order valence-electron chi connectivity index (χ2n) is 7.05. The van der Waals surface area contributed by atoms with E-state index in [0.717, 1.165) is 18.7 Å². The fraction of sp³-hybridized carbons (Fsp3) is 0.647. The first-order valence-corrected chi connectivity index (χ1v) is 7.68. The molecule has 1 saturated heterocycles. The molecule has 0 amide bonds. The normalized spacial score (nSPS) is 23.4. The van der Waals surface area contributed by atoms with Gasteiger partial charge in [0.25, 0.3) is 0 Å². The molecule has 0 spiro atoms. The zero-order chi connectivity index (χ0) is 15.6. The summed E-state index contributed by atoms with van der Waals surface area (Å²) in [5.41, 5.74) is 1.68. The van der Waals surface area contributed by atoms with E-state index < -0.39 is 0 Å². The van der Waals surface area contributed by atoms with Crippen molar-refractivity contribution in [3.8, 4) is 0 Å². The van der Waals surface area contributed by atoms with Crippen LogP contribution in [0.5, 0.6) is 0 Å². The standard InChI is InChI=1S/C17H27FN2O/c1-12-10-20(11-13(2)21-12)16-7-6-14(8-15(16)18)9-19-17(3,4)5/h6-8,12-13,19H,9-11H2,1-5H3/t12-,13+. The lowest BCUT2D eigenvalue weighted by molar-refractivity contribution is -0.00539. The van der Waals surface area contributed by atoms with Crippen LogP contribution in [-0.2, 0) is 11.3 Å². The van der Waals surface area contributed by atoms with Crippen molar-refractivity contribution in [2.24, 2.45) is 0 Å². The second-order valence-corrected chi connectivity index (χ2v) is 7.05. The van der Waals surface area contributed by atoms with E-state index in [9.17, 15) is 4.39 Å². The Morgan fingerprint density at radius 3 is 2.38 bits per heavy atom. The highest BCUT2D eigenvalue weighted by Gasteiger charge is 2.24. The van der Waals surface area contributed by atoms with Gasteiger partial charge in [-0.3, -0.25) is 0 Å². The number of hydrogen-bond donors (Lipinski definition) is 1. The minimum absolute atomic E-state index is 0.0320. The van der Waals surface area contributed by atoms with Gasteiger partial charge >= 0.3 is 0 Å². The molecule has 2 rings (SSSR count). The van der Waals surface area contributed by atoms with Crippen LogP contribution in [0.1, 0.15) is 40.2 Å². The Hall–Kier alpha value is -1.13. The highest BCUT2D eigenvalue weighted by atomic mass is 19.1. The Labute approximate surface area is 127 Å². The third-order valence-corrected chi connectivity index (χ3v) is 3.60. The molecule has 0 aliphatic carbocycles. The predicted octanol–water partition coefficient (Wildman–Crippen LogP) is 3.33. The maximum Gasteiger partial charge on any atom is 0.146 e. The van der Waals surface area contributed by atoms with Crippen molar-refractivity contribution in [1.29, 1.82) is 0 Å². The smallest absolute Gasteiger partial charge is 0.146 e. The topological polar surface area (TPSA) is 24.5 Å². The molecule has 3 nitrogen and oxygen atoms in total. The van der Waals surface area contributed by atoms with Crippen LogP contribution in [0.4, 0.5) is 10.1 Å². The van der Waals surface area contributed by atoms with E-state index in [2.05, 4.69) is 31.0 Å². The Bertz CT molecular complexity index is 474. The number of ether oxygens (including phenoxy) is 1. The van der Waals surface area contributed by atoms with Crippen LogP contribution in [0, 0.1) is 5.82 Å². The van der Waals surface area contributed by atoms with E-state index in [1.807, 2.05) is 26.0 Å². The number of nitrogens with one attached hydrogen (secondary N) is 1. The maximum absolute atomic E-state index is 14.4. The van der Waals surface area contributed by atoms with E-state index >= 15 is 0 Å². The zero-order valence-corrected chi connectivity index (χ0v) is 13.7. The van der Waals surface area contributed by atoms with Crippen LogP contribution in [0.15, 0.2) is 18.2 Å². The molecule has 1 fully saturated rings. The van der Waals surface area contributed by atoms with Gasteiger partial charge in [0.1, 0.15) is 5.82 Å². The van der Waals surface area contributed by atoms with Crippen molar-refractivity contribution in [3.63, 3.8) is 0 Å². The van der Waals surface area contributed by atoms with E-state index in [-0.39, 0.29) is 23.6 Å². The summed E-state index contributed by atoms with van der Waals surface area (Å²) in [4.78, 5) is 2.08. The Kier molecular flexibility index (Phi) is 4.89. The molecule has 0 saturated carbocycles. The summed E-state index contributed by atoms with van der Waals surface area (Å²) < 4.78 is 20.1. The summed E-state index contributed by atoms with van der Waals surface area (Å²) in [6.07, 6.45) is 0.269. The Morgan fingerprint density at radius 1 is 1.24 bits per heavy atom. The van der Waals surface area contributed by atoms with E-state index in [0.29, 0.717) is 12.2 Å². The largest absolute Gasteiger partial charge is 0.372 e. The molecule has 0 unspecified atom stereocenters. The number of nitrogens with zero attached hydrogens (tertiary/aromatic N) is 1. The molecule has 118 valence electrons. The molecule has 1 N–H and O–H groups in total. The van der Waals surface area contributed by atoms with Crippen molar-refractivity contribution < 1.29 is 9.13 Å². The molecule has 1 aliphatic heterocycles. The van der Waals surface area contributed by atoms with Crippen LogP contribution in [-0.4, -0.2) is 30.8 Å². The number of morpholine rings is 1. The molecule has 1 aromatic rings. The first-order chi connectivity index (χ1) is 9.74. The zero-order valence-electron chi connectivity index (χ0n) is 13.7. The van der Waals surface area contributed by atoms with Gasteiger partial charge in [-0.1, -0.05) is 6.07 Å². The number of hydrogen-bond acceptors (Lipinski definition) is 3. The summed E-state index contributed by atoms with van der Waals surface area (Å²) in [6.45, 7) is 12.5. The molecule has 0 aromatic heterocycles. The molecule has 21 heavy (non-hydrogen) atoms. The Balaban J connectivity index is 2.08. The van der Waals surface area contributed by atoms with Crippen LogP contribution in [0.2, 0.25) is 0 Å².